The molecule has 1 saturated heterocycles. The maximum atomic E-state index is 12.8. The molecular weight excluding hydrogens is 461 g/mol. The summed E-state index contributed by atoms with van der Waals surface area (Å²) in [4.78, 5) is 25.2. The second-order valence-electron chi connectivity index (χ2n) is 7.62. The van der Waals surface area contributed by atoms with Crippen molar-refractivity contribution in [1.29, 1.82) is 0 Å². The van der Waals surface area contributed by atoms with Gasteiger partial charge in [0.1, 0.15) is 17.8 Å². The highest BCUT2D eigenvalue weighted by Gasteiger charge is 2.46. The number of halogens is 3. The van der Waals surface area contributed by atoms with Gasteiger partial charge in [-0.15, -0.1) is 0 Å². The molecule has 1 aromatic carbocycles. The number of carbonyl (C=O) groups excluding carboxylic acids is 1. The Morgan fingerprint density at radius 2 is 2.06 bits per heavy atom. The number of aromatic amines is 1. The number of benzene rings is 1. The Bertz CT molecular complexity index is 1260. The molecule has 0 saturated carbocycles. The zero-order chi connectivity index (χ0) is 23.6. The topological polar surface area (TPSA) is 120 Å². The Morgan fingerprint density at radius 1 is 1.24 bits per heavy atom. The molecule has 4 rings (SSSR count). The second kappa shape index (κ2) is 8.89. The molecule has 0 radical (unpaired) electrons. The van der Waals surface area contributed by atoms with Crippen LogP contribution >= 0.6 is 0 Å². The lowest BCUT2D eigenvalue weighted by Gasteiger charge is -2.34. The molecule has 1 atom stereocenters. The van der Waals surface area contributed by atoms with Crippen molar-refractivity contribution in [3.05, 3.63) is 42.9 Å². The Labute approximate surface area is 187 Å². The summed E-state index contributed by atoms with van der Waals surface area (Å²) >= 11 is 0. The van der Waals surface area contributed by atoms with Crippen LogP contribution in [-0.2, 0) is 14.6 Å². The summed E-state index contributed by atoms with van der Waals surface area (Å²) in [5.74, 6) is 0.418. The number of alkyl halides is 3. The van der Waals surface area contributed by atoms with E-state index in [1.54, 1.807) is 6.20 Å². The van der Waals surface area contributed by atoms with Gasteiger partial charge in [-0.2, -0.15) is 13.2 Å². The van der Waals surface area contributed by atoms with Crippen LogP contribution in [0.25, 0.3) is 11.0 Å². The number of carbonyl (C=O) groups is 1. The number of amides is 1. The van der Waals surface area contributed by atoms with E-state index in [-0.39, 0.29) is 24.2 Å². The van der Waals surface area contributed by atoms with E-state index in [0.29, 0.717) is 6.54 Å². The molecule has 9 nitrogen and oxygen atoms in total. The number of nitrogens with one attached hydrogen (secondary N) is 3. The van der Waals surface area contributed by atoms with Crippen LogP contribution in [0, 0.1) is 0 Å². The maximum Gasteiger partial charge on any atom is 0.501 e. The largest absolute Gasteiger partial charge is 0.501 e. The number of piperidine rings is 1. The highest BCUT2D eigenvalue weighted by molar-refractivity contribution is 7.92. The lowest BCUT2D eigenvalue weighted by atomic mass is 10.1. The van der Waals surface area contributed by atoms with E-state index < -0.39 is 20.2 Å². The summed E-state index contributed by atoms with van der Waals surface area (Å²) in [5, 5.41) is 6.48. The normalized spacial score (nSPS) is 17.2. The van der Waals surface area contributed by atoms with Gasteiger partial charge in [-0.05, 0) is 37.1 Å². The first-order chi connectivity index (χ1) is 15.6. The van der Waals surface area contributed by atoms with E-state index in [0.717, 1.165) is 48.4 Å². The number of hydrogen-bond acceptors (Lipinski definition) is 7. The number of rotatable bonds is 6. The number of H-pyrrole nitrogens is 1. The maximum absolute atomic E-state index is 12.8. The van der Waals surface area contributed by atoms with Crippen LogP contribution in [0.1, 0.15) is 12.8 Å². The van der Waals surface area contributed by atoms with Gasteiger partial charge in [0, 0.05) is 31.0 Å². The molecule has 1 aliphatic heterocycles. The average molecular weight is 482 g/mol. The van der Waals surface area contributed by atoms with Crippen LogP contribution in [0.2, 0.25) is 0 Å². The van der Waals surface area contributed by atoms with Crippen molar-refractivity contribution >= 4 is 38.3 Å². The third-order valence-corrected chi connectivity index (χ3v) is 6.81. The predicted molar refractivity (Wildman–Crippen MR) is 115 cm³/mol. The van der Waals surface area contributed by atoms with Crippen molar-refractivity contribution in [2.24, 2.45) is 0 Å². The van der Waals surface area contributed by atoms with E-state index in [4.69, 9.17) is 0 Å². The Hall–Kier alpha value is -3.35. The molecule has 0 spiro atoms. The van der Waals surface area contributed by atoms with Crippen molar-refractivity contribution in [2.45, 2.75) is 29.3 Å². The molecule has 3 N–H and O–H groups in total. The molecule has 3 heterocycles. The number of anilines is 2. The van der Waals surface area contributed by atoms with Crippen LogP contribution in [0.4, 0.5) is 24.7 Å². The standard InChI is InChI=1S/C20H21F3N6O3S/c21-20(22,23)33(31,32)15-5-1-3-13(9-15)25-10-17(30)28-14-4-2-8-29(11-14)19-16-6-7-24-18(16)26-12-27-19/h1,3,5-7,9,12,14,25H,2,4,8,10-11H2,(H,28,30)(H,24,26,27)/t14-/m1/s1. The summed E-state index contributed by atoms with van der Waals surface area (Å²) < 4.78 is 61.4. The number of sulfone groups is 1. The molecule has 0 unspecified atom stereocenters. The number of nitrogens with zero attached hydrogens (tertiary/aromatic N) is 3. The fourth-order valence-corrected chi connectivity index (χ4v) is 4.57. The Kier molecular flexibility index (Phi) is 6.15. The first-order valence-electron chi connectivity index (χ1n) is 10.1. The fraction of sp³-hybridized carbons (Fsp3) is 0.350. The number of aromatic nitrogens is 3. The monoisotopic (exact) mass is 482 g/mol. The average Bonchev–Trinajstić information content (AvgIpc) is 3.26. The fourth-order valence-electron chi connectivity index (χ4n) is 3.77. The summed E-state index contributed by atoms with van der Waals surface area (Å²) in [5.41, 5.74) is -4.58. The molecule has 0 aliphatic carbocycles. The van der Waals surface area contributed by atoms with E-state index in [9.17, 15) is 26.4 Å². The molecule has 1 amide bonds. The van der Waals surface area contributed by atoms with Crippen molar-refractivity contribution in [3.8, 4) is 0 Å². The summed E-state index contributed by atoms with van der Waals surface area (Å²) in [7, 11) is -5.46. The zero-order valence-electron chi connectivity index (χ0n) is 17.3. The van der Waals surface area contributed by atoms with E-state index in [2.05, 4.69) is 30.5 Å². The first-order valence-corrected chi connectivity index (χ1v) is 11.6. The van der Waals surface area contributed by atoms with E-state index in [1.165, 1.54) is 18.5 Å². The van der Waals surface area contributed by atoms with Crippen LogP contribution < -0.4 is 15.5 Å². The molecular formula is C20H21F3N6O3S. The van der Waals surface area contributed by atoms with Crippen molar-refractivity contribution < 1.29 is 26.4 Å². The highest BCUT2D eigenvalue weighted by Crippen LogP contribution is 2.31. The third-order valence-electron chi connectivity index (χ3n) is 5.32. The van der Waals surface area contributed by atoms with Gasteiger partial charge in [0.15, 0.2) is 0 Å². The van der Waals surface area contributed by atoms with Gasteiger partial charge in [-0.1, -0.05) is 6.07 Å². The lowest BCUT2D eigenvalue weighted by Crippen LogP contribution is -2.49. The predicted octanol–water partition coefficient (Wildman–Crippen LogP) is 2.45. The molecule has 1 aliphatic rings. The van der Waals surface area contributed by atoms with Gasteiger partial charge in [-0.25, -0.2) is 18.4 Å². The van der Waals surface area contributed by atoms with Crippen molar-refractivity contribution in [1.82, 2.24) is 20.3 Å². The molecule has 1 fully saturated rings. The molecule has 3 aromatic rings. The molecule has 13 heteroatoms. The van der Waals surface area contributed by atoms with E-state index >= 15 is 0 Å². The van der Waals surface area contributed by atoms with Gasteiger partial charge in [-0.3, -0.25) is 4.79 Å². The van der Waals surface area contributed by atoms with Crippen LogP contribution in [0.3, 0.4) is 0 Å². The van der Waals surface area contributed by atoms with Gasteiger partial charge in [0.25, 0.3) is 9.84 Å². The van der Waals surface area contributed by atoms with Crippen LogP contribution in [0.5, 0.6) is 0 Å². The van der Waals surface area contributed by atoms with Crippen molar-refractivity contribution in [3.63, 3.8) is 0 Å². The van der Waals surface area contributed by atoms with Crippen molar-refractivity contribution in [2.75, 3.05) is 29.9 Å². The SMILES string of the molecule is O=C(CNc1cccc(S(=O)(=O)C(F)(F)F)c1)N[C@@H]1CCCN(c2ncnc3[nH]ccc23)C1. The molecule has 0 bridgehead atoms. The Morgan fingerprint density at radius 3 is 2.85 bits per heavy atom. The summed E-state index contributed by atoms with van der Waals surface area (Å²) in [6.45, 7) is 1.10. The first kappa shape index (κ1) is 22.8. The summed E-state index contributed by atoms with van der Waals surface area (Å²) in [6.07, 6.45) is 4.87. The second-order valence-corrected chi connectivity index (χ2v) is 9.56. The molecule has 33 heavy (non-hydrogen) atoms. The van der Waals surface area contributed by atoms with E-state index in [1.807, 2.05) is 6.07 Å². The Balaban J connectivity index is 1.36. The molecule has 2 aromatic heterocycles. The summed E-state index contributed by atoms with van der Waals surface area (Å²) in [6, 6.07) is 6.04. The van der Waals surface area contributed by atoms with Crippen LogP contribution in [-0.4, -0.2) is 60.5 Å². The minimum absolute atomic E-state index is 0.0941. The van der Waals surface area contributed by atoms with Crippen LogP contribution in [0.15, 0.2) is 47.8 Å². The smallest absolute Gasteiger partial charge is 0.376 e. The van der Waals surface area contributed by atoms with Gasteiger partial charge in [0.2, 0.25) is 5.91 Å². The highest BCUT2D eigenvalue weighted by atomic mass is 32.2. The minimum Gasteiger partial charge on any atom is -0.376 e. The van der Waals surface area contributed by atoms with Gasteiger partial charge < -0.3 is 20.5 Å². The quantitative estimate of drug-likeness (QED) is 0.494. The number of hydrogen-bond donors (Lipinski definition) is 3. The lowest BCUT2D eigenvalue weighted by molar-refractivity contribution is -0.120. The number of fused-ring (bicyclic) bond motifs is 1. The minimum atomic E-state index is -5.46. The third kappa shape index (κ3) is 4.87. The zero-order valence-corrected chi connectivity index (χ0v) is 18.1. The van der Waals surface area contributed by atoms with Gasteiger partial charge in [0.05, 0.1) is 16.8 Å². The van der Waals surface area contributed by atoms with Gasteiger partial charge >= 0.3 is 5.51 Å². The molecule has 176 valence electrons.